The molecule has 2 rings (SSSR count). The molecule has 1 heterocycles. The second-order valence-electron chi connectivity index (χ2n) is 5.24. The van der Waals surface area contributed by atoms with Crippen molar-refractivity contribution in [3.8, 4) is 5.75 Å². The summed E-state index contributed by atoms with van der Waals surface area (Å²) in [4.78, 5) is 15.8. The molecule has 0 saturated heterocycles. The number of fused-ring (bicyclic) bond motifs is 1. The highest BCUT2D eigenvalue weighted by Crippen LogP contribution is 2.28. The minimum atomic E-state index is -0.596. The predicted molar refractivity (Wildman–Crippen MR) is 76.7 cm³/mol. The van der Waals surface area contributed by atoms with E-state index in [0.29, 0.717) is 17.7 Å². The number of aromatic nitrogens is 1. The maximum atomic E-state index is 11.6. The molecule has 1 aromatic carbocycles. The second-order valence-corrected chi connectivity index (χ2v) is 5.24. The molecule has 20 heavy (non-hydrogen) atoms. The zero-order valence-corrected chi connectivity index (χ0v) is 11.6. The number of hydrogen-bond acceptors (Lipinski definition) is 4. The summed E-state index contributed by atoms with van der Waals surface area (Å²) in [5.74, 6) is -0.160. The topological polar surface area (TPSA) is 85.4 Å². The number of ether oxygens (including phenoxy) is 1. The van der Waals surface area contributed by atoms with Gasteiger partial charge >= 0.3 is 0 Å². The first kappa shape index (κ1) is 14.3. The first-order valence-corrected chi connectivity index (χ1v) is 6.41. The van der Waals surface area contributed by atoms with Gasteiger partial charge in [0.2, 0.25) is 0 Å². The van der Waals surface area contributed by atoms with Crippen LogP contribution in [0.25, 0.3) is 10.9 Å². The van der Waals surface area contributed by atoms with Crippen molar-refractivity contribution in [1.82, 2.24) is 4.98 Å². The number of carbonyl (C=O) groups is 1. The molecule has 5 heteroatoms. The number of benzene rings is 1. The van der Waals surface area contributed by atoms with Crippen LogP contribution in [0.3, 0.4) is 0 Å². The average molecular weight is 274 g/mol. The quantitative estimate of drug-likeness (QED) is 0.871. The van der Waals surface area contributed by atoms with E-state index in [-0.39, 0.29) is 6.61 Å². The zero-order valence-electron chi connectivity index (χ0n) is 11.6. The summed E-state index contributed by atoms with van der Waals surface area (Å²) in [7, 11) is 0. The number of pyridine rings is 1. The average Bonchev–Trinajstić information content (AvgIpc) is 2.37. The molecule has 0 unspecified atom stereocenters. The predicted octanol–water partition coefficient (Wildman–Crippen LogP) is 1.87. The van der Waals surface area contributed by atoms with Crippen molar-refractivity contribution < 1.29 is 14.6 Å². The van der Waals surface area contributed by atoms with Crippen molar-refractivity contribution in [2.24, 2.45) is 5.73 Å². The van der Waals surface area contributed by atoms with Gasteiger partial charge in [0.05, 0.1) is 11.1 Å². The van der Waals surface area contributed by atoms with Gasteiger partial charge < -0.3 is 15.6 Å². The summed E-state index contributed by atoms with van der Waals surface area (Å²) in [6, 6.07) is 7.03. The number of aliphatic hydroxyl groups excluding tert-OH is 1. The molecular formula is C15H18N2O3. The molecular weight excluding hydrogens is 256 g/mol. The molecule has 3 N–H and O–H groups in total. The normalized spacial score (nSPS) is 11.6. The molecule has 0 fully saturated rings. The highest BCUT2D eigenvalue weighted by atomic mass is 16.5. The van der Waals surface area contributed by atoms with Crippen LogP contribution in [0.2, 0.25) is 0 Å². The van der Waals surface area contributed by atoms with Gasteiger partial charge in [-0.1, -0.05) is 6.07 Å². The van der Waals surface area contributed by atoms with Gasteiger partial charge in [0, 0.05) is 30.7 Å². The van der Waals surface area contributed by atoms with Gasteiger partial charge in [0.25, 0.3) is 5.91 Å². The van der Waals surface area contributed by atoms with Gasteiger partial charge in [-0.15, -0.1) is 0 Å². The molecule has 0 aliphatic carbocycles. The van der Waals surface area contributed by atoms with Gasteiger partial charge in [0.1, 0.15) is 11.4 Å². The molecule has 5 nitrogen and oxygen atoms in total. The zero-order chi connectivity index (χ0) is 14.8. The van der Waals surface area contributed by atoms with Crippen LogP contribution in [0, 0.1) is 0 Å². The summed E-state index contributed by atoms with van der Waals surface area (Å²) in [6.45, 7) is 3.69. The Bertz CT molecular complexity index is 638. The van der Waals surface area contributed by atoms with Crippen LogP contribution in [-0.2, 0) is 0 Å². The number of aliphatic hydroxyl groups is 1. The Balaban J connectivity index is 2.50. The van der Waals surface area contributed by atoms with Crippen LogP contribution in [0.4, 0.5) is 0 Å². The van der Waals surface area contributed by atoms with E-state index in [1.54, 1.807) is 24.4 Å². The molecule has 106 valence electrons. The molecule has 0 bridgehead atoms. The largest absolute Gasteiger partial charge is 0.487 e. The highest BCUT2D eigenvalue weighted by molar-refractivity contribution is 6.00. The van der Waals surface area contributed by atoms with Crippen LogP contribution in [0.1, 0.15) is 30.6 Å². The Morgan fingerprint density at radius 2 is 2.20 bits per heavy atom. The molecule has 0 saturated carbocycles. The summed E-state index contributed by atoms with van der Waals surface area (Å²) >= 11 is 0. The molecule has 0 atom stereocenters. The van der Waals surface area contributed by atoms with Crippen LogP contribution in [0.5, 0.6) is 5.75 Å². The van der Waals surface area contributed by atoms with Crippen LogP contribution in [-0.4, -0.2) is 28.2 Å². The minimum absolute atomic E-state index is 0.00470. The van der Waals surface area contributed by atoms with Crippen LogP contribution in [0.15, 0.2) is 30.5 Å². The first-order chi connectivity index (χ1) is 9.43. The van der Waals surface area contributed by atoms with Gasteiger partial charge in [-0.25, -0.2) is 0 Å². The number of hydrogen-bond donors (Lipinski definition) is 2. The second kappa shape index (κ2) is 5.46. The first-order valence-electron chi connectivity index (χ1n) is 6.41. The Hall–Kier alpha value is -2.14. The Morgan fingerprint density at radius 1 is 1.45 bits per heavy atom. The Labute approximate surface area is 117 Å². The van der Waals surface area contributed by atoms with Crippen molar-refractivity contribution in [1.29, 1.82) is 0 Å². The fourth-order valence-corrected chi connectivity index (χ4v) is 2.00. The Morgan fingerprint density at radius 3 is 2.85 bits per heavy atom. The molecule has 1 amide bonds. The third-order valence-electron chi connectivity index (χ3n) is 3.07. The summed E-state index contributed by atoms with van der Waals surface area (Å²) in [5.41, 5.74) is 5.86. The Kier molecular flexibility index (Phi) is 3.90. The maximum absolute atomic E-state index is 11.6. The van der Waals surface area contributed by atoms with Gasteiger partial charge in [-0.2, -0.15) is 0 Å². The SMILES string of the molecule is CC(C)(CCO)Oc1cc2ncccc2cc1C(N)=O. The van der Waals surface area contributed by atoms with Crippen molar-refractivity contribution in [2.75, 3.05) is 6.61 Å². The van der Waals surface area contributed by atoms with Crippen molar-refractivity contribution >= 4 is 16.8 Å². The third-order valence-corrected chi connectivity index (χ3v) is 3.07. The van der Waals surface area contributed by atoms with E-state index in [0.717, 1.165) is 10.9 Å². The van der Waals surface area contributed by atoms with Crippen molar-refractivity contribution in [3.05, 3.63) is 36.0 Å². The van der Waals surface area contributed by atoms with Crippen molar-refractivity contribution in [3.63, 3.8) is 0 Å². The summed E-state index contributed by atoms with van der Waals surface area (Å²) < 4.78 is 5.84. The minimum Gasteiger partial charge on any atom is -0.487 e. The highest BCUT2D eigenvalue weighted by Gasteiger charge is 2.22. The lowest BCUT2D eigenvalue weighted by Crippen LogP contribution is -2.30. The van der Waals surface area contributed by atoms with Gasteiger partial charge in [-0.3, -0.25) is 9.78 Å². The van der Waals surface area contributed by atoms with E-state index in [9.17, 15) is 4.79 Å². The lowest BCUT2D eigenvalue weighted by Gasteiger charge is -2.26. The van der Waals surface area contributed by atoms with E-state index in [1.807, 2.05) is 19.9 Å². The number of nitrogens with zero attached hydrogens (tertiary/aromatic N) is 1. The lowest BCUT2D eigenvalue weighted by atomic mass is 10.0. The molecule has 2 aromatic rings. The summed E-state index contributed by atoms with van der Waals surface area (Å²) in [5, 5.41) is 9.87. The molecule has 0 radical (unpaired) electrons. The number of carbonyl (C=O) groups excluding carboxylic acids is 1. The lowest BCUT2D eigenvalue weighted by molar-refractivity contribution is 0.0745. The maximum Gasteiger partial charge on any atom is 0.252 e. The van der Waals surface area contributed by atoms with Crippen LogP contribution < -0.4 is 10.5 Å². The number of rotatable bonds is 5. The van der Waals surface area contributed by atoms with Gasteiger partial charge in [-0.05, 0) is 26.0 Å². The number of amides is 1. The van der Waals surface area contributed by atoms with E-state index in [2.05, 4.69) is 4.98 Å². The van der Waals surface area contributed by atoms with E-state index in [4.69, 9.17) is 15.6 Å². The number of nitrogens with two attached hydrogens (primary N) is 1. The smallest absolute Gasteiger partial charge is 0.252 e. The monoisotopic (exact) mass is 274 g/mol. The number of primary amides is 1. The van der Waals surface area contributed by atoms with E-state index >= 15 is 0 Å². The van der Waals surface area contributed by atoms with Crippen molar-refractivity contribution in [2.45, 2.75) is 25.9 Å². The molecule has 0 aliphatic heterocycles. The summed E-state index contributed by atoms with van der Waals surface area (Å²) in [6.07, 6.45) is 2.13. The molecule has 0 spiro atoms. The fraction of sp³-hybridized carbons (Fsp3) is 0.333. The molecule has 1 aromatic heterocycles. The third kappa shape index (κ3) is 3.05. The van der Waals surface area contributed by atoms with E-state index < -0.39 is 11.5 Å². The van der Waals surface area contributed by atoms with Crippen LogP contribution >= 0.6 is 0 Å². The fourth-order valence-electron chi connectivity index (χ4n) is 2.00. The van der Waals surface area contributed by atoms with Gasteiger partial charge in [0.15, 0.2) is 0 Å². The van der Waals surface area contributed by atoms with E-state index in [1.165, 1.54) is 0 Å². The standard InChI is InChI=1S/C15H18N2O3/c1-15(2,5-7-18)20-13-9-12-10(4-3-6-17-12)8-11(13)14(16)19/h3-4,6,8-9,18H,5,7H2,1-2H3,(H2,16,19). The molecule has 0 aliphatic rings.